The number of likely N-dealkylation sites (N-methyl/N-ethyl adjacent to an activating group) is 1. The SMILES string of the molecule is CNCc1ccc(S(=O)(=O)NCC(C)(C)N(C)C)nc1. The number of pyridine rings is 1. The molecule has 0 amide bonds. The van der Waals surface area contributed by atoms with Crippen LogP contribution < -0.4 is 10.0 Å². The molecule has 0 aromatic carbocycles. The Morgan fingerprint density at radius 2 is 1.95 bits per heavy atom. The first-order chi connectivity index (χ1) is 9.19. The van der Waals surface area contributed by atoms with Crippen molar-refractivity contribution < 1.29 is 8.42 Å². The summed E-state index contributed by atoms with van der Waals surface area (Å²) in [7, 11) is 2.09. The van der Waals surface area contributed by atoms with Crippen molar-refractivity contribution in [2.45, 2.75) is 31.0 Å². The topological polar surface area (TPSA) is 74.3 Å². The first-order valence-electron chi connectivity index (χ1n) is 6.45. The zero-order chi connectivity index (χ0) is 15.4. The highest BCUT2D eigenvalue weighted by molar-refractivity contribution is 7.89. The van der Waals surface area contributed by atoms with E-state index in [0.29, 0.717) is 13.1 Å². The zero-order valence-electron chi connectivity index (χ0n) is 12.8. The van der Waals surface area contributed by atoms with E-state index in [-0.39, 0.29) is 10.6 Å². The average molecular weight is 300 g/mol. The van der Waals surface area contributed by atoms with Crippen molar-refractivity contribution in [3.8, 4) is 0 Å². The van der Waals surface area contributed by atoms with Gasteiger partial charge in [-0.25, -0.2) is 18.1 Å². The van der Waals surface area contributed by atoms with E-state index in [9.17, 15) is 8.42 Å². The number of sulfonamides is 1. The van der Waals surface area contributed by atoms with Crippen LogP contribution in [0.2, 0.25) is 0 Å². The molecule has 0 aliphatic rings. The summed E-state index contributed by atoms with van der Waals surface area (Å²) in [6.45, 7) is 4.93. The minimum Gasteiger partial charge on any atom is -0.316 e. The molecule has 1 aromatic heterocycles. The maximum absolute atomic E-state index is 12.2. The van der Waals surface area contributed by atoms with Crippen molar-refractivity contribution in [2.75, 3.05) is 27.7 Å². The number of hydrogen-bond donors (Lipinski definition) is 2. The van der Waals surface area contributed by atoms with Gasteiger partial charge in [0.25, 0.3) is 10.0 Å². The largest absolute Gasteiger partial charge is 0.316 e. The summed E-state index contributed by atoms with van der Waals surface area (Å²) >= 11 is 0. The van der Waals surface area contributed by atoms with Gasteiger partial charge in [0.1, 0.15) is 0 Å². The van der Waals surface area contributed by atoms with Crippen molar-refractivity contribution in [1.82, 2.24) is 19.9 Å². The number of rotatable bonds is 7. The maximum Gasteiger partial charge on any atom is 0.258 e. The quantitative estimate of drug-likeness (QED) is 0.763. The normalized spacial score (nSPS) is 12.9. The van der Waals surface area contributed by atoms with Crippen LogP contribution in [0.4, 0.5) is 0 Å². The van der Waals surface area contributed by atoms with Crippen LogP contribution >= 0.6 is 0 Å². The van der Waals surface area contributed by atoms with Gasteiger partial charge in [-0.3, -0.25) is 0 Å². The second-order valence-corrected chi connectivity index (χ2v) is 7.28. The third kappa shape index (κ3) is 4.52. The van der Waals surface area contributed by atoms with Crippen molar-refractivity contribution >= 4 is 10.0 Å². The second kappa shape index (κ2) is 6.62. The maximum atomic E-state index is 12.2. The van der Waals surface area contributed by atoms with E-state index in [4.69, 9.17) is 0 Å². The molecular formula is C13H24N4O2S. The lowest BCUT2D eigenvalue weighted by atomic mass is 10.1. The highest BCUT2D eigenvalue weighted by Crippen LogP contribution is 2.11. The molecular weight excluding hydrogens is 276 g/mol. The minimum atomic E-state index is -3.57. The smallest absolute Gasteiger partial charge is 0.258 e. The Labute approximate surface area is 121 Å². The molecule has 0 saturated carbocycles. The Morgan fingerprint density at radius 3 is 2.40 bits per heavy atom. The second-order valence-electron chi connectivity index (χ2n) is 5.57. The van der Waals surface area contributed by atoms with Crippen molar-refractivity contribution in [2.24, 2.45) is 0 Å². The fraction of sp³-hybridized carbons (Fsp3) is 0.615. The molecule has 0 bridgehead atoms. The zero-order valence-corrected chi connectivity index (χ0v) is 13.6. The third-order valence-electron chi connectivity index (χ3n) is 3.36. The van der Waals surface area contributed by atoms with Gasteiger partial charge in [-0.1, -0.05) is 6.07 Å². The lowest BCUT2D eigenvalue weighted by Gasteiger charge is -2.32. The standard InChI is InChI=1S/C13H24N4O2S/c1-13(2,17(4)5)10-16-20(18,19)12-7-6-11(8-14-3)9-15-12/h6-7,9,14,16H,8,10H2,1-5H3. The minimum absolute atomic E-state index is 0.0481. The van der Waals surface area contributed by atoms with Crippen LogP contribution in [0.25, 0.3) is 0 Å². The molecule has 1 aromatic rings. The molecule has 0 spiro atoms. The van der Waals surface area contributed by atoms with Crippen LogP contribution in [-0.2, 0) is 16.6 Å². The lowest BCUT2D eigenvalue weighted by Crippen LogP contribution is -2.48. The van der Waals surface area contributed by atoms with Crippen molar-refractivity contribution in [1.29, 1.82) is 0 Å². The summed E-state index contributed by atoms with van der Waals surface area (Å²) in [4.78, 5) is 5.98. The Morgan fingerprint density at radius 1 is 1.30 bits per heavy atom. The molecule has 6 nitrogen and oxygen atoms in total. The molecule has 0 radical (unpaired) electrons. The number of aromatic nitrogens is 1. The van der Waals surface area contributed by atoms with Gasteiger partial charge in [0.15, 0.2) is 5.03 Å². The molecule has 7 heteroatoms. The van der Waals surface area contributed by atoms with Gasteiger partial charge < -0.3 is 10.2 Å². The molecule has 0 aliphatic carbocycles. The first-order valence-corrected chi connectivity index (χ1v) is 7.94. The van der Waals surface area contributed by atoms with Gasteiger partial charge in [0, 0.05) is 24.8 Å². The monoisotopic (exact) mass is 300 g/mol. The molecule has 0 atom stereocenters. The molecule has 114 valence electrons. The molecule has 0 saturated heterocycles. The lowest BCUT2D eigenvalue weighted by molar-refractivity contribution is 0.199. The van der Waals surface area contributed by atoms with Gasteiger partial charge in [-0.15, -0.1) is 0 Å². The highest BCUT2D eigenvalue weighted by Gasteiger charge is 2.24. The van der Waals surface area contributed by atoms with Gasteiger partial charge >= 0.3 is 0 Å². The fourth-order valence-electron chi connectivity index (χ4n) is 1.38. The van der Waals surface area contributed by atoms with Crippen LogP contribution in [-0.4, -0.2) is 51.5 Å². The summed E-state index contributed by atoms with van der Waals surface area (Å²) < 4.78 is 26.9. The molecule has 0 unspecified atom stereocenters. The average Bonchev–Trinajstić information content (AvgIpc) is 2.38. The highest BCUT2D eigenvalue weighted by atomic mass is 32.2. The summed E-state index contributed by atoms with van der Waals surface area (Å²) in [6.07, 6.45) is 1.57. The van der Waals surface area contributed by atoms with Gasteiger partial charge in [0.2, 0.25) is 0 Å². The van der Waals surface area contributed by atoms with Crippen LogP contribution in [0.3, 0.4) is 0 Å². The summed E-state index contributed by atoms with van der Waals surface area (Å²) in [5.74, 6) is 0. The van der Waals surface area contributed by atoms with Crippen LogP contribution in [0.1, 0.15) is 19.4 Å². The fourth-order valence-corrected chi connectivity index (χ4v) is 2.51. The molecule has 1 rings (SSSR count). The van der Waals surface area contributed by atoms with Crippen LogP contribution in [0, 0.1) is 0 Å². The van der Waals surface area contributed by atoms with Crippen molar-refractivity contribution in [3.63, 3.8) is 0 Å². The van der Waals surface area contributed by atoms with E-state index in [1.165, 1.54) is 6.07 Å². The number of nitrogens with zero attached hydrogens (tertiary/aromatic N) is 2. The first kappa shape index (κ1) is 17.0. The van der Waals surface area contributed by atoms with Gasteiger partial charge in [-0.05, 0) is 46.6 Å². The van der Waals surface area contributed by atoms with E-state index in [1.807, 2.05) is 39.9 Å². The van der Waals surface area contributed by atoms with Gasteiger partial charge in [-0.2, -0.15) is 0 Å². The van der Waals surface area contributed by atoms with E-state index in [0.717, 1.165) is 5.56 Å². The Bertz CT molecular complexity index is 524. The summed E-state index contributed by atoms with van der Waals surface area (Å²) in [5.41, 5.74) is 0.680. The van der Waals surface area contributed by atoms with E-state index < -0.39 is 10.0 Å². The van der Waals surface area contributed by atoms with E-state index >= 15 is 0 Å². The number of nitrogens with one attached hydrogen (secondary N) is 2. The van der Waals surface area contributed by atoms with Crippen molar-refractivity contribution in [3.05, 3.63) is 23.9 Å². The van der Waals surface area contributed by atoms with Crippen LogP contribution in [0.15, 0.2) is 23.4 Å². The third-order valence-corrected chi connectivity index (χ3v) is 4.68. The summed E-state index contributed by atoms with van der Waals surface area (Å²) in [5, 5.41) is 3.04. The molecule has 0 aliphatic heterocycles. The molecule has 20 heavy (non-hydrogen) atoms. The number of hydrogen-bond acceptors (Lipinski definition) is 5. The van der Waals surface area contributed by atoms with Crippen LogP contribution in [0.5, 0.6) is 0 Å². The Balaban J connectivity index is 2.79. The molecule has 2 N–H and O–H groups in total. The van der Waals surface area contributed by atoms with E-state index in [2.05, 4.69) is 15.0 Å². The molecule has 1 heterocycles. The Hall–Kier alpha value is -1.02. The summed E-state index contributed by atoms with van der Waals surface area (Å²) in [6, 6.07) is 3.28. The predicted octanol–water partition coefficient (Wildman–Crippen LogP) is 0.420. The molecule has 0 fully saturated rings. The van der Waals surface area contributed by atoms with Gasteiger partial charge in [0.05, 0.1) is 0 Å². The Kier molecular flexibility index (Phi) is 5.64. The predicted molar refractivity (Wildman–Crippen MR) is 80.0 cm³/mol. The van der Waals surface area contributed by atoms with E-state index in [1.54, 1.807) is 12.3 Å².